The van der Waals surface area contributed by atoms with Gasteiger partial charge in [-0.25, -0.2) is 0 Å². The van der Waals surface area contributed by atoms with Crippen molar-refractivity contribution in [3.63, 3.8) is 0 Å². The van der Waals surface area contributed by atoms with Crippen molar-refractivity contribution < 1.29 is 5.11 Å². The Kier molecular flexibility index (Phi) is 7.31. The van der Waals surface area contributed by atoms with Crippen LogP contribution in [0.3, 0.4) is 0 Å². The second kappa shape index (κ2) is 9.01. The van der Waals surface area contributed by atoms with Gasteiger partial charge in [0.2, 0.25) is 0 Å². The summed E-state index contributed by atoms with van der Waals surface area (Å²) in [5.41, 5.74) is 10.3. The summed E-state index contributed by atoms with van der Waals surface area (Å²) in [6, 6.07) is 7.06. The van der Waals surface area contributed by atoms with Crippen LogP contribution in [-0.2, 0) is 19.3 Å². The van der Waals surface area contributed by atoms with E-state index in [0.717, 1.165) is 12.8 Å². The van der Waals surface area contributed by atoms with Crippen LogP contribution in [-0.4, -0.2) is 17.3 Å². The van der Waals surface area contributed by atoms with E-state index < -0.39 is 5.54 Å². The molecular formula is C22H37NO. The lowest BCUT2D eigenvalue weighted by Crippen LogP contribution is -2.52. The monoisotopic (exact) mass is 331 g/mol. The summed E-state index contributed by atoms with van der Waals surface area (Å²) >= 11 is 0. The summed E-state index contributed by atoms with van der Waals surface area (Å²) in [5, 5.41) is 9.61. The minimum absolute atomic E-state index is 0.0630. The Morgan fingerprint density at radius 2 is 1.79 bits per heavy atom. The van der Waals surface area contributed by atoms with Crippen molar-refractivity contribution >= 4 is 0 Å². The Balaban J connectivity index is 1.92. The van der Waals surface area contributed by atoms with Gasteiger partial charge in [-0.3, -0.25) is 0 Å². The number of nitrogens with two attached hydrogens (primary N) is 1. The molecule has 136 valence electrons. The van der Waals surface area contributed by atoms with Crippen LogP contribution in [0.25, 0.3) is 0 Å². The predicted octanol–water partition coefficient (Wildman–Crippen LogP) is 4.65. The average Bonchev–Trinajstić information content (AvgIpc) is 2.57. The van der Waals surface area contributed by atoms with Crippen LogP contribution < -0.4 is 5.73 Å². The van der Waals surface area contributed by atoms with Gasteiger partial charge in [-0.15, -0.1) is 0 Å². The predicted molar refractivity (Wildman–Crippen MR) is 103 cm³/mol. The van der Waals surface area contributed by atoms with Crippen LogP contribution in [0.2, 0.25) is 0 Å². The van der Waals surface area contributed by atoms with Gasteiger partial charge in [-0.1, -0.05) is 64.2 Å². The number of aliphatic hydroxyl groups excluding tert-OH is 1. The summed E-state index contributed by atoms with van der Waals surface area (Å²) in [4.78, 5) is 0. The number of rotatable bonds is 9. The second-order valence-electron chi connectivity index (χ2n) is 8.28. The SMILES string of the molecule is CCCCCCCCc1ccc2c(c1)CC(C)C([C@](C)(N)CO)C2. The van der Waals surface area contributed by atoms with Crippen LogP contribution in [0.5, 0.6) is 0 Å². The maximum absolute atomic E-state index is 9.61. The van der Waals surface area contributed by atoms with E-state index in [0.29, 0.717) is 11.8 Å². The van der Waals surface area contributed by atoms with Gasteiger partial charge in [0.05, 0.1) is 6.61 Å². The summed E-state index contributed by atoms with van der Waals surface area (Å²) in [7, 11) is 0. The average molecular weight is 332 g/mol. The molecule has 0 spiro atoms. The number of unbranched alkanes of at least 4 members (excludes halogenated alkanes) is 5. The maximum atomic E-state index is 9.61. The van der Waals surface area contributed by atoms with Gasteiger partial charge in [0.25, 0.3) is 0 Å². The van der Waals surface area contributed by atoms with E-state index in [4.69, 9.17) is 5.73 Å². The molecule has 1 aliphatic rings. The van der Waals surface area contributed by atoms with Gasteiger partial charge in [0.1, 0.15) is 0 Å². The van der Waals surface area contributed by atoms with Gasteiger partial charge in [0, 0.05) is 5.54 Å². The first-order chi connectivity index (χ1) is 11.5. The molecule has 0 aromatic heterocycles. The Hall–Kier alpha value is -0.860. The van der Waals surface area contributed by atoms with E-state index in [9.17, 15) is 5.11 Å². The molecule has 0 bridgehead atoms. The first kappa shape index (κ1) is 19.5. The number of aliphatic hydroxyl groups is 1. The van der Waals surface area contributed by atoms with E-state index >= 15 is 0 Å². The van der Waals surface area contributed by atoms with Gasteiger partial charge in [0.15, 0.2) is 0 Å². The fourth-order valence-corrected chi connectivity index (χ4v) is 4.26. The number of aryl methyl sites for hydroxylation is 1. The van der Waals surface area contributed by atoms with Crippen LogP contribution in [0.4, 0.5) is 0 Å². The van der Waals surface area contributed by atoms with Crippen molar-refractivity contribution in [3.05, 3.63) is 34.9 Å². The molecule has 0 heterocycles. The molecule has 2 unspecified atom stereocenters. The Labute approximate surface area is 148 Å². The van der Waals surface area contributed by atoms with Gasteiger partial charge < -0.3 is 10.8 Å². The lowest BCUT2D eigenvalue weighted by molar-refractivity contribution is 0.115. The molecule has 0 saturated heterocycles. The highest BCUT2D eigenvalue weighted by Crippen LogP contribution is 2.36. The van der Waals surface area contributed by atoms with E-state index in [1.54, 1.807) is 0 Å². The molecule has 0 saturated carbocycles. The molecule has 24 heavy (non-hydrogen) atoms. The zero-order valence-corrected chi connectivity index (χ0v) is 16.0. The normalized spacial score (nSPS) is 22.9. The second-order valence-corrected chi connectivity index (χ2v) is 8.28. The summed E-state index contributed by atoms with van der Waals surface area (Å²) < 4.78 is 0. The number of hydrogen-bond acceptors (Lipinski definition) is 2. The molecule has 3 atom stereocenters. The Bertz CT molecular complexity index is 509. The Morgan fingerprint density at radius 1 is 1.08 bits per heavy atom. The van der Waals surface area contributed by atoms with Crippen LogP contribution in [0.15, 0.2) is 18.2 Å². The smallest absolute Gasteiger partial charge is 0.0611 e. The fraction of sp³-hybridized carbons (Fsp3) is 0.727. The molecule has 0 amide bonds. The third kappa shape index (κ3) is 5.07. The van der Waals surface area contributed by atoms with E-state index in [-0.39, 0.29) is 6.61 Å². The van der Waals surface area contributed by atoms with Gasteiger partial charge in [-0.05, 0) is 61.1 Å². The van der Waals surface area contributed by atoms with Crippen molar-refractivity contribution in [3.8, 4) is 0 Å². The fourth-order valence-electron chi connectivity index (χ4n) is 4.26. The molecule has 1 aromatic rings. The van der Waals surface area contributed by atoms with Gasteiger partial charge in [-0.2, -0.15) is 0 Å². The molecule has 2 nitrogen and oxygen atoms in total. The molecule has 0 aliphatic heterocycles. The maximum Gasteiger partial charge on any atom is 0.0611 e. The highest BCUT2D eigenvalue weighted by atomic mass is 16.3. The van der Waals surface area contributed by atoms with Gasteiger partial charge >= 0.3 is 0 Å². The van der Waals surface area contributed by atoms with Crippen molar-refractivity contribution in [1.82, 2.24) is 0 Å². The van der Waals surface area contributed by atoms with E-state index in [1.807, 2.05) is 6.92 Å². The lowest BCUT2D eigenvalue weighted by Gasteiger charge is -2.40. The molecule has 0 fully saturated rings. The highest BCUT2D eigenvalue weighted by Gasteiger charge is 2.37. The van der Waals surface area contributed by atoms with Crippen molar-refractivity contribution in [2.75, 3.05) is 6.61 Å². The summed E-state index contributed by atoms with van der Waals surface area (Å²) in [6.45, 7) is 6.61. The molecular weight excluding hydrogens is 294 g/mol. The third-order valence-corrected chi connectivity index (χ3v) is 5.95. The van der Waals surface area contributed by atoms with E-state index in [2.05, 4.69) is 32.0 Å². The quantitative estimate of drug-likeness (QED) is 0.647. The number of benzene rings is 1. The zero-order valence-electron chi connectivity index (χ0n) is 16.0. The molecule has 0 radical (unpaired) electrons. The van der Waals surface area contributed by atoms with Crippen molar-refractivity contribution in [2.45, 2.75) is 84.1 Å². The van der Waals surface area contributed by atoms with E-state index in [1.165, 1.54) is 61.6 Å². The molecule has 1 aliphatic carbocycles. The molecule has 3 N–H and O–H groups in total. The first-order valence-electron chi connectivity index (χ1n) is 9.98. The first-order valence-corrected chi connectivity index (χ1v) is 9.98. The molecule has 2 rings (SSSR count). The van der Waals surface area contributed by atoms with Crippen LogP contribution >= 0.6 is 0 Å². The Morgan fingerprint density at radius 3 is 2.50 bits per heavy atom. The molecule has 2 heteroatoms. The summed E-state index contributed by atoms with van der Waals surface area (Å²) in [6.07, 6.45) is 11.5. The largest absolute Gasteiger partial charge is 0.394 e. The lowest BCUT2D eigenvalue weighted by atomic mass is 9.68. The van der Waals surface area contributed by atoms with Crippen molar-refractivity contribution in [2.24, 2.45) is 17.6 Å². The zero-order chi connectivity index (χ0) is 17.6. The number of fused-ring (bicyclic) bond motifs is 1. The van der Waals surface area contributed by atoms with Crippen LogP contribution in [0.1, 0.15) is 76.0 Å². The minimum Gasteiger partial charge on any atom is -0.394 e. The summed E-state index contributed by atoms with van der Waals surface area (Å²) in [5.74, 6) is 0.892. The van der Waals surface area contributed by atoms with Crippen LogP contribution in [0, 0.1) is 11.8 Å². The minimum atomic E-state index is -0.478. The number of hydrogen-bond donors (Lipinski definition) is 2. The highest BCUT2D eigenvalue weighted by molar-refractivity contribution is 5.35. The molecule has 1 aromatic carbocycles. The third-order valence-electron chi connectivity index (χ3n) is 5.95. The van der Waals surface area contributed by atoms with Crippen molar-refractivity contribution in [1.29, 1.82) is 0 Å². The standard InChI is InChI=1S/C22H37NO/c1-4-5-6-7-8-9-10-18-11-12-19-15-21(22(3,23)16-24)17(2)13-20(19)14-18/h11-12,14,17,21,24H,4-10,13,15-16,23H2,1-3H3/t17?,21?,22-/m1/s1. The topological polar surface area (TPSA) is 46.2 Å².